The maximum Gasteiger partial charge on any atom is 0.239 e. The van der Waals surface area contributed by atoms with Crippen molar-refractivity contribution in [2.75, 3.05) is 13.7 Å². The zero-order chi connectivity index (χ0) is 31.2. The summed E-state index contributed by atoms with van der Waals surface area (Å²) in [6, 6.07) is 8.00. The highest BCUT2D eigenvalue weighted by Crippen LogP contribution is 2.38. The third-order valence-corrected chi connectivity index (χ3v) is 7.43. The van der Waals surface area contributed by atoms with Crippen LogP contribution in [0.1, 0.15) is 6.92 Å². The van der Waals surface area contributed by atoms with Gasteiger partial charge in [0.25, 0.3) is 0 Å². The normalized spacial score (nSPS) is 32.9. The summed E-state index contributed by atoms with van der Waals surface area (Å²) in [5.74, 6) is -1.17. The average molecular weight is 609 g/mol. The summed E-state index contributed by atoms with van der Waals surface area (Å²) in [4.78, 5) is 13.8. The van der Waals surface area contributed by atoms with Crippen molar-refractivity contribution in [3.63, 3.8) is 0 Å². The zero-order valence-corrected chi connectivity index (χ0v) is 22.9. The van der Waals surface area contributed by atoms with E-state index in [1.807, 2.05) is 0 Å². The molecule has 5 rings (SSSR count). The molecule has 3 aromatic rings. The van der Waals surface area contributed by atoms with Crippen molar-refractivity contribution < 1.29 is 69.0 Å². The van der Waals surface area contributed by atoms with Gasteiger partial charge in [0.2, 0.25) is 17.5 Å². The fraction of sp³-hybridized carbons (Fsp3) is 0.464. The van der Waals surface area contributed by atoms with Crippen LogP contribution in [0, 0.1) is 0 Å². The first-order valence-corrected chi connectivity index (χ1v) is 13.3. The third-order valence-electron chi connectivity index (χ3n) is 7.43. The SMILES string of the molecule is COc1cc(O)c2c(=O)c(O[C@@H]3O[C@H](CO)[C@@H](O)[C@H](O)[C@H]3O[C@@H]3O[C@@H](C)[C@H](O)[C@@H](O)[C@H]3O)c(-c3ccc(O)cc3)oc2c1. The summed E-state index contributed by atoms with van der Waals surface area (Å²) < 4.78 is 33.9. The van der Waals surface area contributed by atoms with Crippen LogP contribution < -0.4 is 14.9 Å². The Morgan fingerprint density at radius 3 is 2.21 bits per heavy atom. The first-order valence-electron chi connectivity index (χ1n) is 13.3. The van der Waals surface area contributed by atoms with Crippen LogP contribution in [0.4, 0.5) is 0 Å². The Balaban J connectivity index is 1.61. The number of aliphatic hydroxyl groups excluding tert-OH is 6. The number of ether oxygens (including phenoxy) is 5. The van der Waals surface area contributed by atoms with E-state index >= 15 is 0 Å². The fourth-order valence-electron chi connectivity index (χ4n) is 4.98. The smallest absolute Gasteiger partial charge is 0.239 e. The number of phenolic OH excluding ortho intramolecular Hbond substituents is 2. The van der Waals surface area contributed by atoms with E-state index in [1.54, 1.807) is 0 Å². The van der Waals surface area contributed by atoms with E-state index in [4.69, 9.17) is 28.1 Å². The molecule has 0 saturated carbocycles. The Kier molecular flexibility index (Phi) is 8.80. The molecule has 0 spiro atoms. The molecule has 0 unspecified atom stereocenters. The van der Waals surface area contributed by atoms with Gasteiger partial charge >= 0.3 is 0 Å². The Morgan fingerprint density at radius 2 is 1.56 bits per heavy atom. The first-order chi connectivity index (χ1) is 20.4. The van der Waals surface area contributed by atoms with E-state index < -0.39 is 84.9 Å². The Labute approximate surface area is 243 Å². The average Bonchev–Trinajstić information content (AvgIpc) is 2.99. The van der Waals surface area contributed by atoms with Crippen molar-refractivity contribution in [2.45, 2.75) is 68.3 Å². The largest absolute Gasteiger partial charge is 0.508 e. The van der Waals surface area contributed by atoms with E-state index in [-0.39, 0.29) is 33.8 Å². The molecule has 0 radical (unpaired) electrons. The van der Waals surface area contributed by atoms with Crippen molar-refractivity contribution in [3.05, 3.63) is 46.6 Å². The molecule has 3 heterocycles. The molecule has 2 aliphatic heterocycles. The van der Waals surface area contributed by atoms with E-state index in [2.05, 4.69) is 0 Å². The van der Waals surface area contributed by atoms with Crippen LogP contribution in [0.25, 0.3) is 22.3 Å². The molecule has 2 aromatic carbocycles. The second kappa shape index (κ2) is 12.2. The minimum absolute atomic E-state index is 0.0846. The highest BCUT2D eigenvalue weighted by molar-refractivity contribution is 5.88. The number of aromatic hydroxyl groups is 2. The van der Waals surface area contributed by atoms with Gasteiger partial charge in [0.15, 0.2) is 18.2 Å². The number of hydrogen-bond donors (Lipinski definition) is 8. The molecule has 2 saturated heterocycles. The Hall–Kier alpha value is -3.51. The van der Waals surface area contributed by atoms with Gasteiger partial charge in [0, 0.05) is 17.7 Å². The molecule has 0 bridgehead atoms. The van der Waals surface area contributed by atoms with E-state index in [1.165, 1.54) is 50.4 Å². The second-order valence-electron chi connectivity index (χ2n) is 10.3. The van der Waals surface area contributed by atoms with Crippen LogP contribution in [0.15, 0.2) is 45.6 Å². The van der Waals surface area contributed by atoms with Gasteiger partial charge in [0.05, 0.1) is 19.8 Å². The molecule has 8 N–H and O–H groups in total. The molecule has 15 heteroatoms. The summed E-state index contributed by atoms with van der Waals surface area (Å²) in [6.45, 7) is 0.618. The van der Waals surface area contributed by atoms with Gasteiger partial charge in [0.1, 0.15) is 64.8 Å². The fourth-order valence-corrected chi connectivity index (χ4v) is 4.98. The van der Waals surface area contributed by atoms with Crippen LogP contribution in [-0.2, 0) is 14.2 Å². The van der Waals surface area contributed by atoms with Gasteiger partial charge in [-0.3, -0.25) is 4.79 Å². The van der Waals surface area contributed by atoms with Gasteiger partial charge in [-0.15, -0.1) is 0 Å². The lowest BCUT2D eigenvalue weighted by Crippen LogP contribution is -2.64. The van der Waals surface area contributed by atoms with Crippen molar-refractivity contribution in [1.82, 2.24) is 0 Å². The third kappa shape index (κ3) is 5.74. The standard InChI is InChI=1S/C28H32O15/c1-10-18(32)21(35)23(37)27(39-10)43-26-22(36)19(33)16(9-29)41-28(26)42-25-20(34)17-14(31)7-13(38-2)8-15(17)40-24(25)11-3-5-12(30)6-4-11/h3-8,10,16,18-19,21-23,26-33,35-37H,9H2,1-2H3/t10-,16+,18-,19+,21+,22-,23+,26+,27-,28-/m0/s1. The van der Waals surface area contributed by atoms with Crippen LogP contribution in [0.2, 0.25) is 0 Å². The summed E-state index contributed by atoms with van der Waals surface area (Å²) >= 11 is 0. The molecule has 0 amide bonds. The second-order valence-corrected chi connectivity index (χ2v) is 10.3. The number of phenols is 2. The summed E-state index contributed by atoms with van der Waals surface area (Å²) in [5.41, 5.74) is -0.744. The number of fused-ring (bicyclic) bond motifs is 1. The van der Waals surface area contributed by atoms with Crippen LogP contribution >= 0.6 is 0 Å². The lowest BCUT2D eigenvalue weighted by atomic mass is 9.97. The Morgan fingerprint density at radius 1 is 0.860 bits per heavy atom. The van der Waals surface area contributed by atoms with E-state index in [0.717, 1.165) is 0 Å². The molecule has 234 valence electrons. The van der Waals surface area contributed by atoms with E-state index in [0.29, 0.717) is 0 Å². The molecule has 10 atom stereocenters. The maximum atomic E-state index is 13.8. The zero-order valence-electron chi connectivity index (χ0n) is 22.9. The topological polar surface area (TPSA) is 238 Å². The number of hydrogen-bond acceptors (Lipinski definition) is 15. The number of aliphatic hydroxyl groups is 6. The highest BCUT2D eigenvalue weighted by atomic mass is 16.8. The molecular weight excluding hydrogens is 576 g/mol. The monoisotopic (exact) mass is 608 g/mol. The lowest BCUT2D eigenvalue weighted by molar-refractivity contribution is -0.354. The summed E-state index contributed by atoms with van der Waals surface area (Å²) in [7, 11) is 1.35. The Bertz CT molecular complexity index is 1490. The quantitative estimate of drug-likeness (QED) is 0.159. The predicted molar refractivity (Wildman–Crippen MR) is 143 cm³/mol. The van der Waals surface area contributed by atoms with Gasteiger partial charge < -0.3 is 69.0 Å². The van der Waals surface area contributed by atoms with Crippen molar-refractivity contribution in [1.29, 1.82) is 0 Å². The molecule has 15 nitrogen and oxygen atoms in total. The maximum absolute atomic E-state index is 13.8. The van der Waals surface area contributed by atoms with Gasteiger partial charge in [-0.2, -0.15) is 0 Å². The molecule has 0 aliphatic carbocycles. The van der Waals surface area contributed by atoms with E-state index in [9.17, 15) is 45.6 Å². The minimum Gasteiger partial charge on any atom is -0.508 e. The van der Waals surface area contributed by atoms with Gasteiger partial charge in [-0.25, -0.2) is 0 Å². The number of benzene rings is 2. The van der Waals surface area contributed by atoms with Gasteiger partial charge in [-0.1, -0.05) is 0 Å². The van der Waals surface area contributed by atoms with Crippen molar-refractivity contribution in [2.24, 2.45) is 0 Å². The summed E-state index contributed by atoms with van der Waals surface area (Å²) in [5, 5.41) is 82.2. The van der Waals surface area contributed by atoms with Crippen molar-refractivity contribution >= 4 is 11.0 Å². The van der Waals surface area contributed by atoms with Gasteiger partial charge in [-0.05, 0) is 31.2 Å². The molecule has 1 aromatic heterocycles. The molecule has 2 aliphatic rings. The van der Waals surface area contributed by atoms with Crippen LogP contribution in [0.5, 0.6) is 23.0 Å². The van der Waals surface area contributed by atoms with Crippen molar-refractivity contribution in [3.8, 4) is 34.3 Å². The number of methoxy groups -OCH3 is 1. The predicted octanol–water partition coefficient (Wildman–Crippen LogP) is -1.09. The summed E-state index contributed by atoms with van der Waals surface area (Å²) in [6.07, 6.45) is -16.2. The first kappa shape index (κ1) is 30.9. The minimum atomic E-state index is -1.85. The molecule has 43 heavy (non-hydrogen) atoms. The van der Waals surface area contributed by atoms with Crippen LogP contribution in [0.3, 0.4) is 0 Å². The van der Waals surface area contributed by atoms with Crippen LogP contribution in [-0.4, -0.2) is 116 Å². The highest BCUT2D eigenvalue weighted by Gasteiger charge is 2.51. The lowest BCUT2D eigenvalue weighted by Gasteiger charge is -2.45. The number of rotatable bonds is 7. The molecular formula is C28H32O15. The molecule has 2 fully saturated rings.